The fraction of sp³-hybridized carbons (Fsp3) is 0.385. The average Bonchev–Trinajstić information content (AvgIpc) is 2.34. The molecule has 85 valence electrons. The number of hydrogen-bond acceptors (Lipinski definition) is 3. The minimum Gasteiger partial charge on any atom is -0.492 e. The fourth-order valence-corrected chi connectivity index (χ4v) is 1.44. The zero-order valence-electron chi connectivity index (χ0n) is 9.44. The first-order chi connectivity index (χ1) is 7.74. The van der Waals surface area contributed by atoms with Crippen molar-refractivity contribution in [2.24, 2.45) is 0 Å². The van der Waals surface area contributed by atoms with Gasteiger partial charge < -0.3 is 9.84 Å². The highest BCUT2D eigenvalue weighted by molar-refractivity contribution is 5.50. The van der Waals surface area contributed by atoms with E-state index in [2.05, 4.69) is 13.0 Å². The van der Waals surface area contributed by atoms with Gasteiger partial charge in [0.15, 0.2) is 0 Å². The SMILES string of the molecule is [CH2]C(CO)c1cccc(OCCC)c1C#N. The topological polar surface area (TPSA) is 53.2 Å². The van der Waals surface area contributed by atoms with E-state index in [1.165, 1.54) is 0 Å². The van der Waals surface area contributed by atoms with Gasteiger partial charge in [0.05, 0.1) is 12.2 Å². The molecule has 3 nitrogen and oxygen atoms in total. The highest BCUT2D eigenvalue weighted by Gasteiger charge is 2.13. The van der Waals surface area contributed by atoms with Crippen molar-refractivity contribution in [2.75, 3.05) is 13.2 Å². The molecule has 0 spiro atoms. The van der Waals surface area contributed by atoms with Crippen LogP contribution in [-0.4, -0.2) is 18.3 Å². The summed E-state index contributed by atoms with van der Waals surface area (Å²) in [6.07, 6.45) is 0.892. The van der Waals surface area contributed by atoms with Crippen LogP contribution in [-0.2, 0) is 0 Å². The lowest BCUT2D eigenvalue weighted by Gasteiger charge is -2.13. The van der Waals surface area contributed by atoms with Crippen molar-refractivity contribution in [3.8, 4) is 11.8 Å². The maximum Gasteiger partial charge on any atom is 0.137 e. The normalized spacial score (nSPS) is 11.9. The summed E-state index contributed by atoms with van der Waals surface area (Å²) >= 11 is 0. The van der Waals surface area contributed by atoms with E-state index in [4.69, 9.17) is 15.1 Å². The minimum atomic E-state index is -0.292. The third kappa shape index (κ3) is 2.74. The molecule has 0 bridgehead atoms. The molecule has 0 aliphatic carbocycles. The van der Waals surface area contributed by atoms with Crippen LogP contribution >= 0.6 is 0 Å². The van der Waals surface area contributed by atoms with Gasteiger partial charge in [-0.05, 0) is 25.0 Å². The van der Waals surface area contributed by atoms with E-state index in [-0.39, 0.29) is 12.5 Å². The Morgan fingerprint density at radius 2 is 2.31 bits per heavy atom. The molecule has 0 saturated heterocycles. The number of aliphatic hydroxyl groups is 1. The molecule has 1 aromatic rings. The molecule has 1 N–H and O–H groups in total. The van der Waals surface area contributed by atoms with Crippen LogP contribution in [0, 0.1) is 18.3 Å². The van der Waals surface area contributed by atoms with Crippen molar-refractivity contribution in [1.82, 2.24) is 0 Å². The van der Waals surface area contributed by atoms with E-state index >= 15 is 0 Å². The van der Waals surface area contributed by atoms with Crippen LogP contribution in [0.3, 0.4) is 0 Å². The first-order valence-electron chi connectivity index (χ1n) is 5.34. The molecule has 1 radical (unpaired) electrons. The van der Waals surface area contributed by atoms with E-state index in [0.29, 0.717) is 17.9 Å². The second kappa shape index (κ2) is 6.14. The zero-order chi connectivity index (χ0) is 12.0. The lowest BCUT2D eigenvalue weighted by Crippen LogP contribution is -2.05. The van der Waals surface area contributed by atoms with Gasteiger partial charge in [-0.25, -0.2) is 0 Å². The molecule has 0 aromatic heterocycles. The molecule has 1 atom stereocenters. The van der Waals surface area contributed by atoms with Crippen LogP contribution in [0.15, 0.2) is 18.2 Å². The van der Waals surface area contributed by atoms with E-state index in [1.54, 1.807) is 12.1 Å². The first kappa shape index (κ1) is 12.5. The number of nitrogens with zero attached hydrogens (tertiary/aromatic N) is 1. The summed E-state index contributed by atoms with van der Waals surface area (Å²) < 4.78 is 5.48. The third-order valence-corrected chi connectivity index (χ3v) is 2.29. The Kier molecular flexibility index (Phi) is 4.81. The molecule has 0 heterocycles. The number of aliphatic hydroxyl groups excluding tert-OH is 1. The highest BCUT2D eigenvalue weighted by atomic mass is 16.5. The molecule has 0 fully saturated rings. The molecule has 3 heteroatoms. The average molecular weight is 218 g/mol. The molecule has 1 rings (SSSR count). The maximum absolute atomic E-state index is 9.10. The Morgan fingerprint density at radius 3 is 2.88 bits per heavy atom. The Balaban J connectivity index is 3.06. The second-order valence-corrected chi connectivity index (χ2v) is 3.56. The summed E-state index contributed by atoms with van der Waals surface area (Å²) in [4.78, 5) is 0. The Labute approximate surface area is 96.3 Å². The number of rotatable bonds is 5. The summed E-state index contributed by atoms with van der Waals surface area (Å²) in [6.45, 7) is 6.31. The van der Waals surface area contributed by atoms with Crippen molar-refractivity contribution < 1.29 is 9.84 Å². The molecule has 0 aliphatic heterocycles. The van der Waals surface area contributed by atoms with Crippen LogP contribution in [0.1, 0.15) is 30.4 Å². The smallest absolute Gasteiger partial charge is 0.137 e. The van der Waals surface area contributed by atoms with Gasteiger partial charge in [-0.15, -0.1) is 0 Å². The number of hydrogen-bond donors (Lipinski definition) is 1. The lowest BCUT2D eigenvalue weighted by molar-refractivity contribution is 0.281. The first-order valence-corrected chi connectivity index (χ1v) is 5.34. The van der Waals surface area contributed by atoms with Crippen molar-refractivity contribution >= 4 is 0 Å². The van der Waals surface area contributed by atoms with Crippen LogP contribution in [0.5, 0.6) is 5.75 Å². The second-order valence-electron chi connectivity index (χ2n) is 3.56. The van der Waals surface area contributed by atoms with Gasteiger partial charge in [-0.2, -0.15) is 5.26 Å². The predicted octanol–water partition coefficient (Wildman–Crippen LogP) is 2.26. The van der Waals surface area contributed by atoms with E-state index in [0.717, 1.165) is 12.0 Å². The van der Waals surface area contributed by atoms with Crippen LogP contribution in [0.25, 0.3) is 0 Å². The summed E-state index contributed by atoms with van der Waals surface area (Å²) in [7, 11) is 0. The van der Waals surface area contributed by atoms with Crippen LogP contribution < -0.4 is 4.74 Å². The number of nitriles is 1. The van der Waals surface area contributed by atoms with Crippen molar-refractivity contribution in [1.29, 1.82) is 5.26 Å². The summed E-state index contributed by atoms with van der Waals surface area (Å²) in [5, 5.41) is 18.2. The molecule has 0 saturated carbocycles. The highest BCUT2D eigenvalue weighted by Crippen LogP contribution is 2.27. The van der Waals surface area contributed by atoms with Crippen molar-refractivity contribution in [2.45, 2.75) is 19.3 Å². The molecule has 0 aliphatic rings. The quantitative estimate of drug-likeness (QED) is 0.824. The van der Waals surface area contributed by atoms with Gasteiger partial charge in [0.25, 0.3) is 0 Å². The van der Waals surface area contributed by atoms with Gasteiger partial charge in [-0.1, -0.05) is 19.1 Å². The zero-order valence-corrected chi connectivity index (χ0v) is 9.44. The monoisotopic (exact) mass is 218 g/mol. The summed E-state index contributed by atoms with van der Waals surface area (Å²) in [5.74, 6) is 0.281. The van der Waals surface area contributed by atoms with Gasteiger partial charge in [0, 0.05) is 12.5 Å². The molecular weight excluding hydrogens is 202 g/mol. The molecule has 16 heavy (non-hydrogen) atoms. The Morgan fingerprint density at radius 1 is 1.56 bits per heavy atom. The van der Waals surface area contributed by atoms with E-state index in [1.807, 2.05) is 13.0 Å². The van der Waals surface area contributed by atoms with Gasteiger partial charge >= 0.3 is 0 Å². The number of ether oxygens (including phenoxy) is 1. The third-order valence-electron chi connectivity index (χ3n) is 2.29. The Bertz CT molecular complexity index is 382. The van der Waals surface area contributed by atoms with Crippen LogP contribution in [0.2, 0.25) is 0 Å². The standard InChI is InChI=1S/C13H16NO2/c1-3-7-16-13-6-4-5-11(10(2)9-15)12(13)8-14/h4-6,10,15H,2-3,7,9H2,1H3. The predicted molar refractivity (Wildman–Crippen MR) is 62.1 cm³/mol. The molecule has 1 unspecified atom stereocenters. The lowest BCUT2D eigenvalue weighted by atomic mass is 9.96. The minimum absolute atomic E-state index is 0.0775. The fourth-order valence-electron chi connectivity index (χ4n) is 1.44. The van der Waals surface area contributed by atoms with Gasteiger partial charge in [0.2, 0.25) is 0 Å². The largest absolute Gasteiger partial charge is 0.492 e. The van der Waals surface area contributed by atoms with Gasteiger partial charge in [0.1, 0.15) is 11.8 Å². The van der Waals surface area contributed by atoms with Crippen LogP contribution in [0.4, 0.5) is 0 Å². The van der Waals surface area contributed by atoms with Crippen molar-refractivity contribution in [3.05, 3.63) is 36.2 Å². The van der Waals surface area contributed by atoms with E-state index in [9.17, 15) is 0 Å². The van der Waals surface area contributed by atoms with Crippen molar-refractivity contribution in [3.63, 3.8) is 0 Å². The molecular formula is C13H16NO2. The molecule has 1 aromatic carbocycles. The summed E-state index contributed by atoms with van der Waals surface area (Å²) in [5.41, 5.74) is 1.21. The summed E-state index contributed by atoms with van der Waals surface area (Å²) in [6, 6.07) is 7.49. The maximum atomic E-state index is 9.10. The van der Waals surface area contributed by atoms with Gasteiger partial charge in [-0.3, -0.25) is 0 Å². The van der Waals surface area contributed by atoms with E-state index < -0.39 is 0 Å². The number of benzene rings is 1. The Hall–Kier alpha value is -1.53. The molecule has 0 amide bonds.